The molecular formula is C17H30N4. The summed E-state index contributed by atoms with van der Waals surface area (Å²) in [5.41, 5.74) is 1.24. The SMILES string of the molecule is CC1CN(Cc2ccn(C3CCCC3)n2)C(C(C)C)CN1. The summed E-state index contributed by atoms with van der Waals surface area (Å²) in [5.74, 6) is 0.682. The zero-order valence-electron chi connectivity index (χ0n) is 13.8. The van der Waals surface area contributed by atoms with Gasteiger partial charge in [0.05, 0.1) is 11.7 Å². The van der Waals surface area contributed by atoms with Crippen LogP contribution in [0.15, 0.2) is 12.3 Å². The second kappa shape index (κ2) is 6.49. The first-order chi connectivity index (χ1) is 10.1. The minimum absolute atomic E-state index is 0.580. The lowest BCUT2D eigenvalue weighted by Crippen LogP contribution is -2.56. The zero-order chi connectivity index (χ0) is 14.8. The van der Waals surface area contributed by atoms with Crippen molar-refractivity contribution in [2.75, 3.05) is 13.1 Å². The van der Waals surface area contributed by atoms with Gasteiger partial charge in [0.1, 0.15) is 0 Å². The van der Waals surface area contributed by atoms with Crippen molar-refractivity contribution < 1.29 is 0 Å². The van der Waals surface area contributed by atoms with Gasteiger partial charge in [-0.05, 0) is 31.7 Å². The lowest BCUT2D eigenvalue weighted by Gasteiger charge is -2.41. The van der Waals surface area contributed by atoms with Crippen LogP contribution in [-0.4, -0.2) is 39.9 Å². The van der Waals surface area contributed by atoms with Crippen molar-refractivity contribution in [2.45, 2.75) is 71.1 Å². The summed E-state index contributed by atoms with van der Waals surface area (Å²) >= 11 is 0. The van der Waals surface area contributed by atoms with Gasteiger partial charge >= 0.3 is 0 Å². The summed E-state index contributed by atoms with van der Waals surface area (Å²) in [7, 11) is 0. The van der Waals surface area contributed by atoms with Gasteiger partial charge in [-0.3, -0.25) is 9.58 Å². The fraction of sp³-hybridized carbons (Fsp3) is 0.824. The van der Waals surface area contributed by atoms with Crippen molar-refractivity contribution in [3.63, 3.8) is 0 Å². The van der Waals surface area contributed by atoms with Crippen molar-refractivity contribution in [3.8, 4) is 0 Å². The second-order valence-electron chi connectivity index (χ2n) is 7.28. The molecule has 2 unspecified atom stereocenters. The molecule has 1 N–H and O–H groups in total. The van der Waals surface area contributed by atoms with Crippen LogP contribution in [0.2, 0.25) is 0 Å². The van der Waals surface area contributed by atoms with Crippen LogP contribution in [0.1, 0.15) is 58.2 Å². The molecule has 0 radical (unpaired) electrons. The summed E-state index contributed by atoms with van der Waals surface area (Å²) in [5, 5.41) is 8.47. The van der Waals surface area contributed by atoms with Crippen molar-refractivity contribution in [1.29, 1.82) is 0 Å². The standard InChI is InChI=1S/C17H30N4/c1-13(2)17-10-18-14(3)11-20(17)12-15-8-9-21(19-15)16-6-4-5-7-16/h8-9,13-14,16-18H,4-7,10-12H2,1-3H3. The number of piperazine rings is 1. The topological polar surface area (TPSA) is 33.1 Å². The first kappa shape index (κ1) is 15.0. The van der Waals surface area contributed by atoms with Gasteiger partial charge in [-0.25, -0.2) is 0 Å². The third-order valence-electron chi connectivity index (χ3n) is 5.15. The molecule has 1 aliphatic carbocycles. The van der Waals surface area contributed by atoms with Crippen LogP contribution in [0, 0.1) is 5.92 Å². The molecule has 4 nitrogen and oxygen atoms in total. The van der Waals surface area contributed by atoms with E-state index in [9.17, 15) is 0 Å². The molecule has 1 aromatic rings. The van der Waals surface area contributed by atoms with Crippen LogP contribution >= 0.6 is 0 Å². The number of aromatic nitrogens is 2. The van der Waals surface area contributed by atoms with Crippen LogP contribution in [0.25, 0.3) is 0 Å². The lowest BCUT2D eigenvalue weighted by molar-refractivity contribution is 0.0940. The Bertz CT molecular complexity index is 447. The van der Waals surface area contributed by atoms with Gasteiger partial charge in [-0.2, -0.15) is 5.10 Å². The summed E-state index contributed by atoms with van der Waals surface area (Å²) in [6.45, 7) is 10.1. The molecule has 21 heavy (non-hydrogen) atoms. The molecule has 0 amide bonds. The zero-order valence-corrected chi connectivity index (χ0v) is 13.8. The number of hydrogen-bond acceptors (Lipinski definition) is 3. The third-order valence-corrected chi connectivity index (χ3v) is 5.15. The summed E-state index contributed by atoms with van der Waals surface area (Å²) in [6.07, 6.45) is 7.54. The Morgan fingerprint density at radius 1 is 1.33 bits per heavy atom. The summed E-state index contributed by atoms with van der Waals surface area (Å²) in [6, 6.07) is 4.08. The van der Waals surface area contributed by atoms with Crippen LogP contribution in [0.3, 0.4) is 0 Å². The highest BCUT2D eigenvalue weighted by atomic mass is 15.3. The van der Waals surface area contributed by atoms with Crippen LogP contribution in [-0.2, 0) is 6.54 Å². The van der Waals surface area contributed by atoms with Crippen LogP contribution < -0.4 is 5.32 Å². The molecule has 0 spiro atoms. The Labute approximate surface area is 128 Å². The molecule has 1 aliphatic heterocycles. The van der Waals surface area contributed by atoms with Gasteiger partial charge in [0.2, 0.25) is 0 Å². The normalized spacial score (nSPS) is 28.6. The van der Waals surface area contributed by atoms with Gasteiger partial charge in [0.15, 0.2) is 0 Å². The van der Waals surface area contributed by atoms with Gasteiger partial charge in [-0.15, -0.1) is 0 Å². The number of rotatable bonds is 4. The Morgan fingerprint density at radius 3 is 2.81 bits per heavy atom. The minimum atomic E-state index is 0.580. The first-order valence-corrected chi connectivity index (χ1v) is 8.65. The van der Waals surface area contributed by atoms with E-state index in [0.717, 1.165) is 19.6 Å². The van der Waals surface area contributed by atoms with Gasteiger partial charge < -0.3 is 5.32 Å². The van der Waals surface area contributed by atoms with Gasteiger partial charge in [0.25, 0.3) is 0 Å². The number of nitrogens with one attached hydrogen (secondary N) is 1. The van der Waals surface area contributed by atoms with E-state index in [1.807, 2.05) is 0 Å². The molecule has 4 heteroatoms. The van der Waals surface area contributed by atoms with E-state index in [1.54, 1.807) is 0 Å². The van der Waals surface area contributed by atoms with E-state index in [4.69, 9.17) is 5.10 Å². The lowest BCUT2D eigenvalue weighted by atomic mass is 9.98. The Kier molecular flexibility index (Phi) is 4.65. The molecule has 1 saturated carbocycles. The number of hydrogen-bond donors (Lipinski definition) is 1. The first-order valence-electron chi connectivity index (χ1n) is 8.65. The van der Waals surface area contributed by atoms with E-state index in [2.05, 4.69) is 47.9 Å². The molecule has 2 aliphatic rings. The van der Waals surface area contributed by atoms with E-state index in [-0.39, 0.29) is 0 Å². The molecule has 0 bridgehead atoms. The quantitative estimate of drug-likeness (QED) is 0.925. The summed E-state index contributed by atoms with van der Waals surface area (Å²) in [4.78, 5) is 2.62. The predicted octanol–water partition coefficient (Wildman–Crippen LogP) is 2.82. The molecule has 0 aromatic carbocycles. The maximum atomic E-state index is 4.86. The molecule has 2 fully saturated rings. The fourth-order valence-corrected chi connectivity index (χ4v) is 3.88. The van der Waals surface area contributed by atoms with Gasteiger partial charge in [-0.1, -0.05) is 26.7 Å². The molecular weight excluding hydrogens is 260 g/mol. The van der Waals surface area contributed by atoms with E-state index in [1.165, 1.54) is 31.4 Å². The largest absolute Gasteiger partial charge is 0.311 e. The highest BCUT2D eigenvalue weighted by molar-refractivity contribution is 5.02. The fourth-order valence-electron chi connectivity index (χ4n) is 3.88. The van der Waals surface area contributed by atoms with Crippen molar-refractivity contribution in [2.24, 2.45) is 5.92 Å². The minimum Gasteiger partial charge on any atom is -0.311 e. The Morgan fingerprint density at radius 2 is 2.10 bits per heavy atom. The van der Waals surface area contributed by atoms with Crippen molar-refractivity contribution >= 4 is 0 Å². The highest BCUT2D eigenvalue weighted by Crippen LogP contribution is 2.29. The molecule has 2 heterocycles. The maximum absolute atomic E-state index is 4.86. The van der Waals surface area contributed by atoms with Gasteiger partial charge in [0, 0.05) is 37.9 Å². The molecule has 1 aromatic heterocycles. The van der Waals surface area contributed by atoms with E-state index < -0.39 is 0 Å². The smallest absolute Gasteiger partial charge is 0.0765 e. The van der Waals surface area contributed by atoms with E-state index in [0.29, 0.717) is 24.0 Å². The third kappa shape index (κ3) is 3.49. The van der Waals surface area contributed by atoms with E-state index >= 15 is 0 Å². The summed E-state index contributed by atoms with van der Waals surface area (Å²) < 4.78 is 2.22. The average molecular weight is 290 g/mol. The second-order valence-corrected chi connectivity index (χ2v) is 7.28. The molecule has 118 valence electrons. The highest BCUT2D eigenvalue weighted by Gasteiger charge is 2.28. The maximum Gasteiger partial charge on any atom is 0.0765 e. The average Bonchev–Trinajstić information content (AvgIpc) is 3.08. The molecule has 2 atom stereocenters. The monoisotopic (exact) mass is 290 g/mol. The Hall–Kier alpha value is -0.870. The van der Waals surface area contributed by atoms with Crippen molar-refractivity contribution in [1.82, 2.24) is 20.0 Å². The van der Waals surface area contributed by atoms with Crippen LogP contribution in [0.4, 0.5) is 0 Å². The number of nitrogens with zero attached hydrogens (tertiary/aromatic N) is 3. The molecule has 3 rings (SSSR count). The van der Waals surface area contributed by atoms with Crippen molar-refractivity contribution in [3.05, 3.63) is 18.0 Å². The van der Waals surface area contributed by atoms with Crippen LogP contribution in [0.5, 0.6) is 0 Å². The predicted molar refractivity (Wildman–Crippen MR) is 86.2 cm³/mol. The Balaban J connectivity index is 1.66. The molecule has 1 saturated heterocycles.